The van der Waals surface area contributed by atoms with Gasteiger partial charge in [0.2, 0.25) is 0 Å². The fourth-order valence-electron chi connectivity index (χ4n) is 0.375. The van der Waals surface area contributed by atoms with Crippen LogP contribution in [-0.2, 0) is 0 Å². The smallest absolute Gasteiger partial charge is 0.272 e. The van der Waals surface area contributed by atoms with Crippen molar-refractivity contribution in [2.75, 3.05) is 0 Å². The number of aromatic nitrogens is 3. The molecule has 1 amide bonds. The minimum absolute atomic E-state index is 0.00231. The molecule has 0 saturated carbocycles. The summed E-state index contributed by atoms with van der Waals surface area (Å²) in [6, 6.07) is 0. The monoisotopic (exact) mass is 146 g/mol. The Hall–Kier alpha value is -1.10. The fourth-order valence-corrected chi connectivity index (χ4v) is 0.548. The Morgan fingerprint density at radius 3 is 2.56 bits per heavy atom. The zero-order valence-electron chi connectivity index (χ0n) is 4.26. The molecule has 0 spiro atoms. The van der Waals surface area contributed by atoms with Crippen LogP contribution < -0.4 is 5.73 Å². The Morgan fingerprint density at radius 2 is 2.33 bits per heavy atom. The van der Waals surface area contributed by atoms with E-state index >= 15 is 0 Å². The summed E-state index contributed by atoms with van der Waals surface area (Å²) in [5.41, 5.74) is 4.78. The summed E-state index contributed by atoms with van der Waals surface area (Å²) in [5, 5.41) is 8.89. The van der Waals surface area contributed by atoms with E-state index in [9.17, 15) is 4.79 Å². The van der Waals surface area contributed by atoms with E-state index in [4.69, 9.17) is 17.3 Å². The van der Waals surface area contributed by atoms with E-state index in [2.05, 4.69) is 15.4 Å². The number of primary amides is 1. The summed E-state index contributed by atoms with van der Waals surface area (Å²) in [6.45, 7) is 0. The number of amides is 1. The highest BCUT2D eigenvalue weighted by Gasteiger charge is 2.09. The fraction of sp³-hybridized carbons (Fsp3) is 0. The predicted octanol–water partition coefficient (Wildman–Crippen LogP) is -0.443. The molecule has 1 heterocycles. The number of nitrogens with one attached hydrogen (secondary N) is 1. The van der Waals surface area contributed by atoms with Crippen LogP contribution in [0.2, 0.25) is 5.15 Å². The highest BCUT2D eigenvalue weighted by atomic mass is 35.5. The number of nitrogens with zero attached hydrogens (tertiary/aromatic N) is 2. The summed E-state index contributed by atoms with van der Waals surface area (Å²) >= 11 is 5.33. The van der Waals surface area contributed by atoms with Crippen molar-refractivity contribution in [2.24, 2.45) is 5.73 Å². The van der Waals surface area contributed by atoms with E-state index in [0.29, 0.717) is 0 Å². The number of nitrogens with two attached hydrogens (primary N) is 1. The number of hydrogen-bond donors (Lipinski definition) is 2. The zero-order chi connectivity index (χ0) is 6.85. The van der Waals surface area contributed by atoms with Gasteiger partial charge in [-0.1, -0.05) is 11.6 Å². The van der Waals surface area contributed by atoms with Gasteiger partial charge in [-0.3, -0.25) is 4.79 Å². The maximum absolute atomic E-state index is 10.3. The summed E-state index contributed by atoms with van der Waals surface area (Å²) < 4.78 is 0. The number of aromatic amines is 1. The summed E-state index contributed by atoms with van der Waals surface area (Å²) in [7, 11) is 0. The molecule has 6 heteroatoms. The van der Waals surface area contributed by atoms with Crippen LogP contribution in [0.15, 0.2) is 0 Å². The Kier molecular flexibility index (Phi) is 1.35. The van der Waals surface area contributed by atoms with Gasteiger partial charge in [-0.25, -0.2) is 0 Å². The molecule has 48 valence electrons. The van der Waals surface area contributed by atoms with Crippen LogP contribution in [0.5, 0.6) is 0 Å². The highest BCUT2D eigenvalue weighted by molar-refractivity contribution is 6.32. The van der Waals surface area contributed by atoms with Crippen LogP contribution in [0, 0.1) is 0 Å². The molecule has 1 rings (SSSR count). The maximum atomic E-state index is 10.3. The van der Waals surface area contributed by atoms with Gasteiger partial charge in [-0.2, -0.15) is 5.21 Å². The lowest BCUT2D eigenvalue weighted by Gasteiger charge is -1.81. The summed E-state index contributed by atoms with van der Waals surface area (Å²) in [6.07, 6.45) is 0. The van der Waals surface area contributed by atoms with Crippen molar-refractivity contribution >= 4 is 17.5 Å². The van der Waals surface area contributed by atoms with Crippen LogP contribution in [0.25, 0.3) is 0 Å². The van der Waals surface area contributed by atoms with Crippen molar-refractivity contribution in [3.63, 3.8) is 0 Å². The largest absolute Gasteiger partial charge is 0.364 e. The van der Waals surface area contributed by atoms with Gasteiger partial charge in [0.05, 0.1) is 0 Å². The van der Waals surface area contributed by atoms with Crippen molar-refractivity contribution in [1.29, 1.82) is 0 Å². The van der Waals surface area contributed by atoms with Crippen LogP contribution in [-0.4, -0.2) is 21.3 Å². The van der Waals surface area contributed by atoms with Gasteiger partial charge in [0.1, 0.15) is 0 Å². The molecule has 1 aromatic heterocycles. The van der Waals surface area contributed by atoms with Gasteiger partial charge in [-0.05, 0) is 0 Å². The molecule has 0 unspecified atom stereocenters. The van der Waals surface area contributed by atoms with E-state index in [0.717, 1.165) is 0 Å². The minimum Gasteiger partial charge on any atom is -0.364 e. The third-order valence-corrected chi connectivity index (χ3v) is 1.00. The molecule has 0 atom stereocenters. The lowest BCUT2D eigenvalue weighted by atomic mass is 10.5. The second kappa shape index (κ2) is 2.02. The predicted molar refractivity (Wildman–Crippen MR) is 29.9 cm³/mol. The molecule has 0 aliphatic heterocycles. The van der Waals surface area contributed by atoms with Gasteiger partial charge in [0, 0.05) is 0 Å². The molecular weight excluding hydrogens is 144 g/mol. The van der Waals surface area contributed by atoms with E-state index < -0.39 is 5.91 Å². The average Bonchev–Trinajstić information content (AvgIpc) is 2.13. The standard InChI is InChI=1S/C3H3ClN4O/c4-2-1(3(5)9)6-8-7-2/h(H2,5,9)(H,6,7,8). The van der Waals surface area contributed by atoms with Crippen molar-refractivity contribution < 1.29 is 4.79 Å². The van der Waals surface area contributed by atoms with Crippen molar-refractivity contribution in [1.82, 2.24) is 15.4 Å². The van der Waals surface area contributed by atoms with Crippen LogP contribution >= 0.6 is 11.6 Å². The first-order valence-electron chi connectivity index (χ1n) is 2.08. The lowest BCUT2D eigenvalue weighted by molar-refractivity contribution is 0.0995. The number of halogens is 1. The zero-order valence-corrected chi connectivity index (χ0v) is 5.01. The molecular formula is C3H3ClN4O. The van der Waals surface area contributed by atoms with E-state index in [1.807, 2.05) is 0 Å². The lowest BCUT2D eigenvalue weighted by Crippen LogP contribution is -2.11. The van der Waals surface area contributed by atoms with Crippen molar-refractivity contribution in [3.05, 3.63) is 10.8 Å². The molecule has 0 saturated heterocycles. The van der Waals surface area contributed by atoms with E-state index in [1.165, 1.54) is 0 Å². The van der Waals surface area contributed by atoms with Crippen LogP contribution in [0.3, 0.4) is 0 Å². The Morgan fingerprint density at radius 1 is 1.67 bits per heavy atom. The molecule has 0 fully saturated rings. The van der Waals surface area contributed by atoms with Crippen LogP contribution in [0.1, 0.15) is 10.5 Å². The first-order chi connectivity index (χ1) is 4.22. The minimum atomic E-state index is -0.686. The maximum Gasteiger partial charge on any atom is 0.272 e. The third-order valence-electron chi connectivity index (χ3n) is 0.739. The van der Waals surface area contributed by atoms with E-state index in [-0.39, 0.29) is 10.8 Å². The third kappa shape index (κ3) is 0.996. The first kappa shape index (κ1) is 6.03. The Labute approximate surface area is 55.2 Å². The number of carbonyl (C=O) groups is 1. The number of rotatable bonds is 1. The quantitative estimate of drug-likeness (QED) is 0.563. The second-order valence-corrected chi connectivity index (χ2v) is 1.69. The SMILES string of the molecule is NC(=O)c1n[nH]nc1Cl. The Bertz CT molecular complexity index is 231. The highest BCUT2D eigenvalue weighted by Crippen LogP contribution is 2.05. The van der Waals surface area contributed by atoms with Crippen molar-refractivity contribution in [3.8, 4) is 0 Å². The molecule has 0 bridgehead atoms. The molecule has 0 aromatic carbocycles. The van der Waals surface area contributed by atoms with Gasteiger partial charge < -0.3 is 5.73 Å². The molecule has 1 aromatic rings. The van der Waals surface area contributed by atoms with Crippen molar-refractivity contribution in [2.45, 2.75) is 0 Å². The van der Waals surface area contributed by atoms with E-state index in [1.54, 1.807) is 0 Å². The number of H-pyrrole nitrogens is 1. The first-order valence-corrected chi connectivity index (χ1v) is 2.45. The molecule has 3 N–H and O–H groups in total. The normalized spacial score (nSPS) is 9.44. The molecule has 5 nitrogen and oxygen atoms in total. The molecule has 0 aliphatic carbocycles. The molecule has 0 aliphatic rings. The Balaban J connectivity index is 3.08. The van der Waals surface area contributed by atoms with Gasteiger partial charge in [0.15, 0.2) is 10.8 Å². The summed E-state index contributed by atoms with van der Waals surface area (Å²) in [5.74, 6) is -0.686. The molecule has 0 radical (unpaired) electrons. The molecule has 9 heavy (non-hydrogen) atoms. The topological polar surface area (TPSA) is 84.7 Å². The van der Waals surface area contributed by atoms with Gasteiger partial charge >= 0.3 is 0 Å². The summed E-state index contributed by atoms with van der Waals surface area (Å²) in [4.78, 5) is 10.3. The number of carbonyl (C=O) groups excluding carboxylic acids is 1. The van der Waals surface area contributed by atoms with Gasteiger partial charge in [0.25, 0.3) is 5.91 Å². The number of hydrogen-bond acceptors (Lipinski definition) is 3. The van der Waals surface area contributed by atoms with Gasteiger partial charge in [-0.15, -0.1) is 10.2 Å². The second-order valence-electron chi connectivity index (χ2n) is 1.33. The average molecular weight is 147 g/mol. The van der Waals surface area contributed by atoms with Crippen LogP contribution in [0.4, 0.5) is 0 Å².